The molecule has 0 atom stereocenters. The van der Waals surface area contributed by atoms with E-state index in [-0.39, 0.29) is 5.91 Å². The number of carbonyl (C=O) groups is 1. The molecule has 0 radical (unpaired) electrons. The third kappa shape index (κ3) is 3.90. The van der Waals surface area contributed by atoms with Crippen LogP contribution in [0.1, 0.15) is 47.2 Å². The van der Waals surface area contributed by atoms with Crippen LogP contribution in [0.2, 0.25) is 0 Å². The molecule has 3 aromatic rings. The monoisotopic (exact) mass is 413 g/mol. The number of pyridine rings is 1. The Hall–Kier alpha value is -3.28. The van der Waals surface area contributed by atoms with Crippen LogP contribution >= 0.6 is 0 Å². The Morgan fingerprint density at radius 1 is 0.968 bits per heavy atom. The lowest BCUT2D eigenvalue weighted by molar-refractivity contribution is 0.0985. The zero-order valence-electron chi connectivity index (χ0n) is 17.9. The molecule has 0 spiro atoms. The number of carbonyl (C=O) groups excluding carboxylic acids is 1. The molecule has 1 aromatic carbocycles. The molecule has 6 heteroatoms. The number of benzene rings is 1. The van der Waals surface area contributed by atoms with Crippen LogP contribution in [0.4, 0.5) is 11.6 Å². The summed E-state index contributed by atoms with van der Waals surface area (Å²) in [5.41, 5.74) is 5.26. The van der Waals surface area contributed by atoms with Gasteiger partial charge in [0.2, 0.25) is 5.95 Å². The number of anilines is 2. The molecule has 5 rings (SSSR count). The largest absolute Gasteiger partial charge is 0.341 e. The molecule has 4 heterocycles. The maximum absolute atomic E-state index is 13.7. The molecule has 0 unspecified atom stereocenters. The van der Waals surface area contributed by atoms with E-state index in [2.05, 4.69) is 40.0 Å². The Balaban J connectivity index is 1.56. The minimum absolute atomic E-state index is 0.0596. The number of aryl methyl sites for hydroxylation is 2. The van der Waals surface area contributed by atoms with E-state index in [1.54, 1.807) is 12.4 Å². The van der Waals surface area contributed by atoms with Crippen molar-refractivity contribution in [3.8, 4) is 11.4 Å². The highest BCUT2D eigenvalue weighted by Crippen LogP contribution is 2.31. The van der Waals surface area contributed by atoms with Gasteiger partial charge in [-0.3, -0.25) is 9.78 Å². The van der Waals surface area contributed by atoms with E-state index in [9.17, 15) is 4.79 Å². The van der Waals surface area contributed by atoms with E-state index in [0.29, 0.717) is 29.4 Å². The number of rotatable bonds is 3. The average molecular weight is 414 g/mol. The van der Waals surface area contributed by atoms with Crippen molar-refractivity contribution in [2.45, 2.75) is 39.0 Å². The van der Waals surface area contributed by atoms with Gasteiger partial charge in [0.15, 0.2) is 0 Å². The molecule has 0 aliphatic carbocycles. The highest BCUT2D eigenvalue weighted by molar-refractivity contribution is 6.10. The van der Waals surface area contributed by atoms with Gasteiger partial charge in [-0.15, -0.1) is 0 Å². The predicted molar refractivity (Wildman–Crippen MR) is 123 cm³/mol. The van der Waals surface area contributed by atoms with Gasteiger partial charge in [0.1, 0.15) is 5.69 Å². The average Bonchev–Trinajstić information content (AvgIpc) is 2.84. The SMILES string of the molecule is Cc1ccc2c(c1)CCCN2C(=O)c1cnc(N2CCCCC2)nc1-c1ccccn1. The van der Waals surface area contributed by atoms with Crippen LogP contribution in [0.15, 0.2) is 48.8 Å². The lowest BCUT2D eigenvalue weighted by atomic mass is 9.98. The van der Waals surface area contributed by atoms with Crippen molar-refractivity contribution in [1.82, 2.24) is 15.0 Å². The Morgan fingerprint density at radius 3 is 2.65 bits per heavy atom. The summed E-state index contributed by atoms with van der Waals surface area (Å²) in [6.07, 6.45) is 8.93. The first-order valence-corrected chi connectivity index (χ1v) is 11.2. The van der Waals surface area contributed by atoms with Gasteiger partial charge in [0, 0.05) is 37.7 Å². The number of fused-ring (bicyclic) bond motifs is 1. The first-order valence-electron chi connectivity index (χ1n) is 11.2. The number of piperidine rings is 1. The number of nitrogens with zero attached hydrogens (tertiary/aromatic N) is 5. The van der Waals surface area contributed by atoms with Crippen LogP contribution in [0.5, 0.6) is 0 Å². The second kappa shape index (κ2) is 8.46. The van der Waals surface area contributed by atoms with Crippen LogP contribution in [0.25, 0.3) is 11.4 Å². The molecule has 2 aromatic heterocycles. The molecule has 1 amide bonds. The van der Waals surface area contributed by atoms with Gasteiger partial charge in [-0.2, -0.15) is 0 Å². The third-order valence-electron chi connectivity index (χ3n) is 6.15. The van der Waals surface area contributed by atoms with Crippen molar-refractivity contribution >= 4 is 17.5 Å². The summed E-state index contributed by atoms with van der Waals surface area (Å²) in [5, 5.41) is 0. The topological polar surface area (TPSA) is 62.2 Å². The van der Waals surface area contributed by atoms with E-state index < -0.39 is 0 Å². The molecule has 1 fully saturated rings. The summed E-state index contributed by atoms with van der Waals surface area (Å²) < 4.78 is 0. The Kier molecular flexibility index (Phi) is 5.37. The van der Waals surface area contributed by atoms with Crippen LogP contribution in [0, 0.1) is 6.92 Å². The summed E-state index contributed by atoms with van der Waals surface area (Å²) in [6, 6.07) is 12.0. The molecule has 158 valence electrons. The predicted octanol–water partition coefficient (Wildman–Crippen LogP) is 4.43. The van der Waals surface area contributed by atoms with Crippen molar-refractivity contribution in [2.24, 2.45) is 0 Å². The molecule has 0 N–H and O–H groups in total. The van der Waals surface area contributed by atoms with Gasteiger partial charge in [-0.1, -0.05) is 23.8 Å². The molecule has 2 aliphatic heterocycles. The van der Waals surface area contributed by atoms with Gasteiger partial charge in [-0.25, -0.2) is 9.97 Å². The minimum Gasteiger partial charge on any atom is -0.341 e. The molecule has 31 heavy (non-hydrogen) atoms. The van der Waals surface area contributed by atoms with E-state index in [4.69, 9.17) is 4.98 Å². The molecule has 1 saturated heterocycles. The summed E-state index contributed by atoms with van der Waals surface area (Å²) in [6.45, 7) is 4.69. The Bertz CT molecular complexity index is 1090. The van der Waals surface area contributed by atoms with Crippen molar-refractivity contribution in [3.63, 3.8) is 0 Å². The number of hydrogen-bond acceptors (Lipinski definition) is 5. The second-order valence-electron chi connectivity index (χ2n) is 8.39. The fourth-order valence-corrected chi connectivity index (χ4v) is 4.56. The highest BCUT2D eigenvalue weighted by Gasteiger charge is 2.28. The smallest absolute Gasteiger partial charge is 0.262 e. The Morgan fingerprint density at radius 2 is 1.84 bits per heavy atom. The van der Waals surface area contributed by atoms with Crippen molar-refractivity contribution in [1.29, 1.82) is 0 Å². The second-order valence-corrected chi connectivity index (χ2v) is 8.39. The lowest BCUT2D eigenvalue weighted by Crippen LogP contribution is -2.36. The first-order chi connectivity index (χ1) is 15.2. The minimum atomic E-state index is -0.0596. The molecule has 0 bridgehead atoms. The zero-order valence-corrected chi connectivity index (χ0v) is 17.9. The highest BCUT2D eigenvalue weighted by atomic mass is 16.2. The number of hydrogen-bond donors (Lipinski definition) is 0. The maximum Gasteiger partial charge on any atom is 0.262 e. The first kappa shape index (κ1) is 19.7. The molecule has 2 aliphatic rings. The van der Waals surface area contributed by atoms with E-state index >= 15 is 0 Å². The number of aromatic nitrogens is 3. The maximum atomic E-state index is 13.7. The van der Waals surface area contributed by atoms with Gasteiger partial charge in [-0.05, 0) is 62.8 Å². The molecule has 6 nitrogen and oxygen atoms in total. The van der Waals surface area contributed by atoms with Crippen LogP contribution < -0.4 is 9.80 Å². The molecule has 0 saturated carbocycles. The van der Waals surface area contributed by atoms with Gasteiger partial charge >= 0.3 is 0 Å². The van der Waals surface area contributed by atoms with Gasteiger partial charge in [0.05, 0.1) is 11.3 Å². The fraction of sp³-hybridized carbons (Fsp3) is 0.360. The Labute approximate surface area is 183 Å². The molecular formula is C25H27N5O. The van der Waals surface area contributed by atoms with E-state index in [1.165, 1.54) is 17.5 Å². The standard InChI is InChI=1S/C25H27N5O/c1-18-10-11-22-19(16-18)8-7-15-30(22)24(31)20-17-27-25(29-13-5-2-6-14-29)28-23(20)21-9-3-4-12-26-21/h3-4,9-12,16-17H,2,5-8,13-15H2,1H3. The summed E-state index contributed by atoms with van der Waals surface area (Å²) in [7, 11) is 0. The van der Waals surface area contributed by atoms with Gasteiger partial charge in [0.25, 0.3) is 5.91 Å². The van der Waals surface area contributed by atoms with E-state index in [1.807, 2.05) is 23.1 Å². The summed E-state index contributed by atoms with van der Waals surface area (Å²) >= 11 is 0. The number of amides is 1. The van der Waals surface area contributed by atoms with Crippen LogP contribution in [-0.2, 0) is 6.42 Å². The molecular weight excluding hydrogens is 386 g/mol. The fourth-order valence-electron chi connectivity index (χ4n) is 4.56. The van der Waals surface area contributed by atoms with Crippen molar-refractivity contribution in [2.75, 3.05) is 29.4 Å². The third-order valence-corrected chi connectivity index (χ3v) is 6.15. The summed E-state index contributed by atoms with van der Waals surface area (Å²) in [4.78, 5) is 31.8. The quantitative estimate of drug-likeness (QED) is 0.636. The van der Waals surface area contributed by atoms with Crippen LogP contribution in [0.3, 0.4) is 0 Å². The van der Waals surface area contributed by atoms with Crippen LogP contribution in [-0.4, -0.2) is 40.5 Å². The normalized spacial score (nSPS) is 16.2. The van der Waals surface area contributed by atoms with Gasteiger partial charge < -0.3 is 9.80 Å². The van der Waals surface area contributed by atoms with Crippen molar-refractivity contribution in [3.05, 3.63) is 65.5 Å². The lowest BCUT2D eigenvalue weighted by Gasteiger charge is -2.31. The van der Waals surface area contributed by atoms with Crippen molar-refractivity contribution < 1.29 is 4.79 Å². The van der Waals surface area contributed by atoms with E-state index in [0.717, 1.165) is 44.5 Å². The summed E-state index contributed by atoms with van der Waals surface area (Å²) in [5.74, 6) is 0.627. The zero-order chi connectivity index (χ0) is 21.2.